The van der Waals surface area contributed by atoms with Gasteiger partial charge in [-0.1, -0.05) is 31.2 Å². The molecule has 0 aliphatic carbocycles. The van der Waals surface area contributed by atoms with Crippen LogP contribution in [0.5, 0.6) is 5.75 Å². The first kappa shape index (κ1) is 22.3. The van der Waals surface area contributed by atoms with E-state index in [0.29, 0.717) is 19.5 Å². The highest BCUT2D eigenvalue weighted by Gasteiger charge is 2.38. The number of carbonyl (C=O) groups is 3. The summed E-state index contributed by atoms with van der Waals surface area (Å²) >= 11 is 0. The first-order valence-corrected chi connectivity index (χ1v) is 10.2. The van der Waals surface area contributed by atoms with Crippen molar-refractivity contribution in [2.75, 3.05) is 20.2 Å². The number of piperazine rings is 1. The summed E-state index contributed by atoms with van der Waals surface area (Å²) < 4.78 is 18.2. The highest BCUT2D eigenvalue weighted by molar-refractivity contribution is 6.35. The zero-order valence-corrected chi connectivity index (χ0v) is 17.6. The second kappa shape index (κ2) is 10.1. The van der Waals surface area contributed by atoms with E-state index in [2.05, 4.69) is 5.32 Å². The Bertz CT molecular complexity index is 931. The number of hydrogen-bond donors (Lipinski definition) is 1. The summed E-state index contributed by atoms with van der Waals surface area (Å²) in [5.74, 6) is -1.28. The molecule has 1 fully saturated rings. The second-order valence-electron chi connectivity index (χ2n) is 7.34. The second-order valence-corrected chi connectivity index (χ2v) is 7.34. The molecule has 2 aromatic carbocycles. The number of ether oxygens (including phenoxy) is 1. The average Bonchev–Trinajstić information content (AvgIpc) is 2.79. The number of hydrogen-bond acceptors (Lipinski definition) is 4. The van der Waals surface area contributed by atoms with Gasteiger partial charge in [-0.05, 0) is 41.8 Å². The van der Waals surface area contributed by atoms with Crippen molar-refractivity contribution in [3.63, 3.8) is 0 Å². The van der Waals surface area contributed by atoms with Gasteiger partial charge in [0.15, 0.2) is 0 Å². The van der Waals surface area contributed by atoms with Gasteiger partial charge in [0.05, 0.1) is 7.11 Å². The maximum Gasteiger partial charge on any atom is 0.312 e. The third-order valence-corrected chi connectivity index (χ3v) is 5.32. The highest BCUT2D eigenvalue weighted by Crippen LogP contribution is 2.16. The topological polar surface area (TPSA) is 79.0 Å². The van der Waals surface area contributed by atoms with Crippen LogP contribution >= 0.6 is 0 Å². The molecular formula is C23H26FN3O4. The van der Waals surface area contributed by atoms with E-state index in [1.165, 1.54) is 21.9 Å². The van der Waals surface area contributed by atoms with Crippen LogP contribution in [-0.4, -0.2) is 53.8 Å². The smallest absolute Gasteiger partial charge is 0.312 e. The molecule has 8 heteroatoms. The van der Waals surface area contributed by atoms with E-state index >= 15 is 0 Å². The predicted molar refractivity (Wildman–Crippen MR) is 112 cm³/mol. The molecule has 31 heavy (non-hydrogen) atoms. The lowest BCUT2D eigenvalue weighted by molar-refractivity contribution is -0.159. The van der Waals surface area contributed by atoms with Gasteiger partial charge in [-0.25, -0.2) is 4.39 Å². The van der Waals surface area contributed by atoms with Crippen LogP contribution in [-0.2, 0) is 27.5 Å². The molecule has 1 aliphatic rings. The molecule has 1 heterocycles. The minimum absolute atomic E-state index is 0.221. The molecule has 1 aliphatic heterocycles. The normalized spacial score (nSPS) is 15.1. The quantitative estimate of drug-likeness (QED) is 0.655. The van der Waals surface area contributed by atoms with Crippen molar-refractivity contribution in [2.45, 2.75) is 32.5 Å². The minimum atomic E-state index is -0.720. The van der Waals surface area contributed by atoms with Crippen molar-refractivity contribution >= 4 is 17.7 Å². The van der Waals surface area contributed by atoms with Crippen molar-refractivity contribution in [3.8, 4) is 5.75 Å². The molecular weight excluding hydrogens is 401 g/mol. The maximum absolute atomic E-state index is 13.1. The Hall–Kier alpha value is -3.42. The molecule has 1 atom stereocenters. The Morgan fingerprint density at radius 2 is 1.68 bits per heavy atom. The van der Waals surface area contributed by atoms with Crippen LogP contribution in [0.4, 0.5) is 4.39 Å². The van der Waals surface area contributed by atoms with Gasteiger partial charge < -0.3 is 19.9 Å². The fourth-order valence-corrected chi connectivity index (χ4v) is 3.55. The Morgan fingerprint density at radius 1 is 1.03 bits per heavy atom. The molecule has 0 saturated carbocycles. The van der Waals surface area contributed by atoms with Gasteiger partial charge in [0, 0.05) is 26.2 Å². The molecule has 0 aromatic heterocycles. The van der Waals surface area contributed by atoms with Crippen molar-refractivity contribution in [3.05, 3.63) is 65.5 Å². The number of benzene rings is 2. The third-order valence-electron chi connectivity index (χ3n) is 5.32. The number of nitrogens with one attached hydrogen (secondary N) is 1. The van der Waals surface area contributed by atoms with Gasteiger partial charge in [-0.15, -0.1) is 0 Å². The lowest BCUT2D eigenvalue weighted by atomic mass is 10.1. The van der Waals surface area contributed by atoms with Gasteiger partial charge in [0.25, 0.3) is 0 Å². The number of amides is 3. The number of nitrogens with zero attached hydrogens (tertiary/aromatic N) is 2. The summed E-state index contributed by atoms with van der Waals surface area (Å²) in [6.07, 6.45) is 0.394. The van der Waals surface area contributed by atoms with E-state index < -0.39 is 17.9 Å². The van der Waals surface area contributed by atoms with E-state index in [1.54, 1.807) is 38.3 Å². The standard InChI is InChI=1S/C23H26FN3O4/c1-3-20(21(28)25-14-16-6-10-19(31-2)11-7-16)27-13-12-26(22(29)23(27)30)15-17-4-8-18(24)9-5-17/h4-11,20H,3,12-15H2,1-2H3,(H,25,28)/t20-/m1/s1. The van der Waals surface area contributed by atoms with Crippen molar-refractivity contribution in [1.82, 2.24) is 15.1 Å². The molecule has 0 radical (unpaired) electrons. The Labute approximate surface area is 180 Å². The van der Waals surface area contributed by atoms with Crippen LogP contribution in [0.15, 0.2) is 48.5 Å². The first-order chi connectivity index (χ1) is 14.9. The maximum atomic E-state index is 13.1. The van der Waals surface area contributed by atoms with Crippen molar-refractivity contribution in [2.24, 2.45) is 0 Å². The number of halogens is 1. The number of rotatable bonds is 8. The number of methoxy groups -OCH3 is 1. The predicted octanol–water partition coefficient (Wildman–Crippen LogP) is 2.10. The van der Waals surface area contributed by atoms with Gasteiger partial charge >= 0.3 is 11.8 Å². The van der Waals surface area contributed by atoms with Crippen LogP contribution < -0.4 is 10.1 Å². The summed E-state index contributed by atoms with van der Waals surface area (Å²) in [4.78, 5) is 40.8. The molecule has 7 nitrogen and oxygen atoms in total. The highest BCUT2D eigenvalue weighted by atomic mass is 19.1. The lowest BCUT2D eigenvalue weighted by Crippen LogP contribution is -2.59. The molecule has 1 saturated heterocycles. The van der Waals surface area contributed by atoms with Crippen LogP contribution in [0.1, 0.15) is 24.5 Å². The average molecular weight is 427 g/mol. The minimum Gasteiger partial charge on any atom is -0.497 e. The Morgan fingerprint density at radius 3 is 2.29 bits per heavy atom. The van der Waals surface area contributed by atoms with Gasteiger partial charge in [-0.3, -0.25) is 14.4 Å². The third kappa shape index (κ3) is 5.39. The lowest BCUT2D eigenvalue weighted by Gasteiger charge is -2.37. The van der Waals surface area contributed by atoms with Crippen LogP contribution in [0.25, 0.3) is 0 Å². The Kier molecular flexibility index (Phi) is 7.23. The van der Waals surface area contributed by atoms with Crippen LogP contribution in [0.2, 0.25) is 0 Å². The molecule has 1 N–H and O–H groups in total. The summed E-state index contributed by atoms with van der Waals surface area (Å²) in [5.41, 5.74) is 1.63. The van der Waals surface area contributed by atoms with E-state index in [0.717, 1.165) is 16.9 Å². The summed E-state index contributed by atoms with van der Waals surface area (Å²) in [5, 5.41) is 2.84. The Balaban J connectivity index is 1.59. The van der Waals surface area contributed by atoms with E-state index in [9.17, 15) is 18.8 Å². The zero-order chi connectivity index (χ0) is 22.4. The fourth-order valence-electron chi connectivity index (χ4n) is 3.55. The van der Waals surface area contributed by atoms with Gasteiger partial charge in [-0.2, -0.15) is 0 Å². The van der Waals surface area contributed by atoms with E-state index in [1.807, 2.05) is 12.1 Å². The van der Waals surface area contributed by atoms with Crippen LogP contribution in [0.3, 0.4) is 0 Å². The first-order valence-electron chi connectivity index (χ1n) is 10.2. The molecule has 0 unspecified atom stereocenters. The van der Waals surface area contributed by atoms with Crippen LogP contribution in [0, 0.1) is 5.82 Å². The summed E-state index contributed by atoms with van der Waals surface area (Å²) in [6, 6.07) is 12.4. The van der Waals surface area contributed by atoms with E-state index in [-0.39, 0.29) is 24.8 Å². The largest absolute Gasteiger partial charge is 0.497 e. The van der Waals surface area contributed by atoms with Gasteiger partial charge in [0.2, 0.25) is 5.91 Å². The molecule has 0 bridgehead atoms. The summed E-state index contributed by atoms with van der Waals surface area (Å²) in [7, 11) is 1.58. The molecule has 2 aromatic rings. The number of carbonyl (C=O) groups excluding carboxylic acids is 3. The molecule has 164 valence electrons. The fraction of sp³-hybridized carbons (Fsp3) is 0.348. The van der Waals surface area contributed by atoms with Crippen molar-refractivity contribution in [1.29, 1.82) is 0 Å². The summed E-state index contributed by atoms with van der Waals surface area (Å²) in [6.45, 7) is 2.91. The molecule has 3 amide bonds. The van der Waals surface area contributed by atoms with E-state index in [4.69, 9.17) is 4.74 Å². The van der Waals surface area contributed by atoms with Gasteiger partial charge in [0.1, 0.15) is 17.6 Å². The monoisotopic (exact) mass is 427 g/mol. The zero-order valence-electron chi connectivity index (χ0n) is 17.6. The molecule has 3 rings (SSSR count). The van der Waals surface area contributed by atoms with Crippen molar-refractivity contribution < 1.29 is 23.5 Å². The molecule has 0 spiro atoms. The SMILES string of the molecule is CC[C@H](C(=O)NCc1ccc(OC)cc1)N1CCN(Cc2ccc(F)cc2)C(=O)C1=O.